The van der Waals surface area contributed by atoms with Crippen molar-refractivity contribution in [3.8, 4) is 0 Å². The number of hydrogen-bond donors (Lipinski definition) is 1. The third-order valence-corrected chi connectivity index (χ3v) is 5.77. The summed E-state index contributed by atoms with van der Waals surface area (Å²) in [4.78, 5) is 2.42. The molecule has 1 unspecified atom stereocenters. The van der Waals surface area contributed by atoms with Gasteiger partial charge < -0.3 is 5.32 Å². The third kappa shape index (κ3) is 4.52. The monoisotopic (exact) mass is 274 g/mol. The molecule has 2 aliphatic rings. The van der Waals surface area contributed by atoms with Crippen LogP contribution in [-0.4, -0.2) is 57.0 Å². The topological polar surface area (TPSA) is 49.4 Å². The predicted octanol–water partition coefficient (Wildman–Crippen LogP) is 0.885. The summed E-state index contributed by atoms with van der Waals surface area (Å²) in [5.74, 6) is 1.32. The van der Waals surface area contributed by atoms with Crippen LogP contribution in [0.3, 0.4) is 0 Å². The number of nitrogens with zero attached hydrogens (tertiary/aromatic N) is 1. The molecular weight excluding hydrogens is 248 g/mol. The van der Waals surface area contributed by atoms with Crippen molar-refractivity contribution in [1.29, 1.82) is 0 Å². The van der Waals surface area contributed by atoms with Crippen molar-refractivity contribution >= 4 is 9.84 Å². The van der Waals surface area contributed by atoms with Gasteiger partial charge in [-0.25, -0.2) is 8.42 Å². The molecule has 1 aliphatic carbocycles. The van der Waals surface area contributed by atoms with E-state index in [0.29, 0.717) is 17.7 Å². The van der Waals surface area contributed by atoms with Crippen LogP contribution in [0.1, 0.15) is 32.6 Å². The number of hydrogen-bond acceptors (Lipinski definition) is 4. The number of sulfone groups is 1. The van der Waals surface area contributed by atoms with Crippen molar-refractivity contribution in [2.75, 3.05) is 37.7 Å². The minimum Gasteiger partial charge on any atom is -0.316 e. The van der Waals surface area contributed by atoms with E-state index in [0.717, 1.165) is 26.2 Å². The first-order valence-corrected chi connectivity index (χ1v) is 9.08. The average molecular weight is 274 g/mol. The molecule has 0 aromatic heterocycles. The molecule has 2 rings (SSSR count). The minimum absolute atomic E-state index is 0.274. The van der Waals surface area contributed by atoms with Crippen LogP contribution >= 0.6 is 0 Å². The second-order valence-electron chi connectivity index (χ2n) is 5.67. The van der Waals surface area contributed by atoms with Gasteiger partial charge in [-0.05, 0) is 44.7 Å². The Bertz CT molecular complexity index is 346. The van der Waals surface area contributed by atoms with Crippen molar-refractivity contribution in [1.82, 2.24) is 10.2 Å². The summed E-state index contributed by atoms with van der Waals surface area (Å²) >= 11 is 0. The molecule has 0 amide bonds. The average Bonchev–Trinajstić information content (AvgIpc) is 3.20. The second-order valence-corrected chi connectivity index (χ2v) is 8.15. The van der Waals surface area contributed by atoms with Gasteiger partial charge in [0.05, 0.1) is 5.75 Å². The van der Waals surface area contributed by atoms with Crippen LogP contribution in [0.25, 0.3) is 0 Å². The predicted molar refractivity (Wildman–Crippen MR) is 74.5 cm³/mol. The highest BCUT2D eigenvalue weighted by Crippen LogP contribution is 2.28. The Balaban J connectivity index is 1.80. The number of piperidine rings is 1. The largest absolute Gasteiger partial charge is 0.316 e. The smallest absolute Gasteiger partial charge is 0.151 e. The lowest BCUT2D eigenvalue weighted by Crippen LogP contribution is -2.41. The summed E-state index contributed by atoms with van der Waals surface area (Å²) in [7, 11) is -2.82. The summed E-state index contributed by atoms with van der Waals surface area (Å²) in [6.45, 7) is 5.80. The molecule has 0 radical (unpaired) electrons. The maximum Gasteiger partial charge on any atom is 0.151 e. The van der Waals surface area contributed by atoms with E-state index in [1.807, 2.05) is 0 Å². The Morgan fingerprint density at radius 2 is 2.06 bits per heavy atom. The summed E-state index contributed by atoms with van der Waals surface area (Å²) < 4.78 is 23.2. The van der Waals surface area contributed by atoms with Crippen LogP contribution in [0, 0.1) is 5.92 Å². The van der Waals surface area contributed by atoms with Crippen molar-refractivity contribution < 1.29 is 8.42 Å². The Morgan fingerprint density at radius 3 is 2.61 bits per heavy atom. The van der Waals surface area contributed by atoms with Gasteiger partial charge in [0.2, 0.25) is 0 Å². The highest BCUT2D eigenvalue weighted by atomic mass is 32.2. The summed E-state index contributed by atoms with van der Waals surface area (Å²) in [5.41, 5.74) is 0. The van der Waals surface area contributed by atoms with Gasteiger partial charge >= 0.3 is 0 Å². The number of nitrogens with one attached hydrogen (secondary N) is 1. The Hall–Kier alpha value is -0.130. The summed E-state index contributed by atoms with van der Waals surface area (Å²) in [5, 5.41) is 3.44. The van der Waals surface area contributed by atoms with Crippen molar-refractivity contribution in [2.24, 2.45) is 5.92 Å². The molecule has 1 heterocycles. The Labute approximate surface area is 111 Å². The molecule has 106 valence electrons. The van der Waals surface area contributed by atoms with Crippen molar-refractivity contribution in [3.63, 3.8) is 0 Å². The van der Waals surface area contributed by atoms with Crippen molar-refractivity contribution in [2.45, 2.75) is 38.6 Å². The molecule has 1 saturated heterocycles. The van der Waals surface area contributed by atoms with Crippen LogP contribution in [0.5, 0.6) is 0 Å². The highest BCUT2D eigenvalue weighted by molar-refractivity contribution is 7.91. The second kappa shape index (κ2) is 6.35. The van der Waals surface area contributed by atoms with Gasteiger partial charge in [-0.15, -0.1) is 0 Å². The third-order valence-electron chi connectivity index (χ3n) is 4.08. The SMILES string of the molecule is CCS(=O)(=O)CCN(CC1CCCNC1)C1CC1. The molecule has 1 saturated carbocycles. The molecular formula is C13H26N2O2S. The molecule has 5 heteroatoms. The summed E-state index contributed by atoms with van der Waals surface area (Å²) in [6, 6.07) is 0.666. The van der Waals surface area contributed by atoms with Gasteiger partial charge in [0.25, 0.3) is 0 Å². The first-order chi connectivity index (χ1) is 8.61. The maximum atomic E-state index is 11.6. The fraction of sp³-hybridized carbons (Fsp3) is 1.00. The molecule has 2 fully saturated rings. The van der Waals surface area contributed by atoms with Crippen molar-refractivity contribution in [3.05, 3.63) is 0 Å². The van der Waals surface area contributed by atoms with E-state index in [1.165, 1.54) is 25.7 Å². The van der Waals surface area contributed by atoms with E-state index in [-0.39, 0.29) is 5.75 Å². The molecule has 0 aromatic carbocycles. The normalized spacial score (nSPS) is 25.6. The first kappa shape index (κ1) is 14.3. The van der Waals surface area contributed by atoms with E-state index in [1.54, 1.807) is 6.92 Å². The molecule has 0 aromatic rings. The standard InChI is InChI=1S/C13H26N2O2S/c1-2-18(16,17)9-8-15(13-5-6-13)11-12-4-3-7-14-10-12/h12-14H,2-11H2,1H3. The highest BCUT2D eigenvalue weighted by Gasteiger charge is 2.31. The van der Waals surface area contributed by atoms with E-state index in [2.05, 4.69) is 10.2 Å². The van der Waals surface area contributed by atoms with Crippen LogP contribution < -0.4 is 5.32 Å². The summed E-state index contributed by atoms with van der Waals surface area (Å²) in [6.07, 6.45) is 5.06. The van der Waals surface area contributed by atoms with Crippen LogP contribution in [0.4, 0.5) is 0 Å². The zero-order valence-electron chi connectivity index (χ0n) is 11.4. The van der Waals surface area contributed by atoms with Gasteiger partial charge in [0.15, 0.2) is 9.84 Å². The lowest BCUT2D eigenvalue weighted by atomic mass is 9.99. The fourth-order valence-electron chi connectivity index (χ4n) is 2.67. The fourth-order valence-corrected chi connectivity index (χ4v) is 3.48. The molecule has 0 bridgehead atoms. The Morgan fingerprint density at radius 1 is 1.28 bits per heavy atom. The zero-order chi connectivity index (χ0) is 13.0. The number of rotatable bonds is 7. The van der Waals surface area contributed by atoms with E-state index in [9.17, 15) is 8.42 Å². The molecule has 1 atom stereocenters. The Kier molecular flexibility index (Phi) is 5.04. The van der Waals surface area contributed by atoms with Gasteiger partial charge in [-0.3, -0.25) is 4.90 Å². The van der Waals surface area contributed by atoms with Crippen LogP contribution in [0.2, 0.25) is 0 Å². The molecule has 0 spiro atoms. The van der Waals surface area contributed by atoms with E-state index in [4.69, 9.17) is 0 Å². The van der Waals surface area contributed by atoms with Crippen LogP contribution in [0.15, 0.2) is 0 Å². The maximum absolute atomic E-state index is 11.6. The van der Waals surface area contributed by atoms with Gasteiger partial charge in [0.1, 0.15) is 0 Å². The van der Waals surface area contributed by atoms with Gasteiger partial charge in [-0.2, -0.15) is 0 Å². The van der Waals surface area contributed by atoms with Gasteiger partial charge in [-0.1, -0.05) is 6.92 Å². The quantitative estimate of drug-likeness (QED) is 0.749. The molecule has 1 aliphatic heterocycles. The molecule has 4 nitrogen and oxygen atoms in total. The van der Waals surface area contributed by atoms with Gasteiger partial charge in [0, 0.05) is 24.9 Å². The molecule has 1 N–H and O–H groups in total. The van der Waals surface area contributed by atoms with Crippen LogP contribution in [-0.2, 0) is 9.84 Å². The minimum atomic E-state index is -2.82. The zero-order valence-corrected chi connectivity index (χ0v) is 12.2. The van der Waals surface area contributed by atoms with E-state index >= 15 is 0 Å². The van der Waals surface area contributed by atoms with E-state index < -0.39 is 9.84 Å². The first-order valence-electron chi connectivity index (χ1n) is 7.26. The molecule has 18 heavy (non-hydrogen) atoms. The lowest BCUT2D eigenvalue weighted by molar-refractivity contribution is 0.209. The lowest BCUT2D eigenvalue weighted by Gasteiger charge is -2.30.